The van der Waals surface area contributed by atoms with Crippen LogP contribution in [0.3, 0.4) is 0 Å². The largest absolute Gasteiger partial charge is 0.439 e. The number of amides is 1. The molecule has 1 aliphatic heterocycles. The summed E-state index contributed by atoms with van der Waals surface area (Å²) in [5.74, 6) is 1.58. The van der Waals surface area contributed by atoms with E-state index in [1.54, 1.807) is 35.3 Å². The Bertz CT molecular complexity index is 1200. The second kappa shape index (κ2) is 9.22. The molecule has 0 spiro atoms. The highest BCUT2D eigenvalue weighted by Crippen LogP contribution is 2.36. The summed E-state index contributed by atoms with van der Waals surface area (Å²) >= 11 is 0. The smallest absolute Gasteiger partial charge is 0.235 e. The highest BCUT2D eigenvalue weighted by molar-refractivity contribution is 5.99. The van der Waals surface area contributed by atoms with Gasteiger partial charge >= 0.3 is 0 Å². The minimum atomic E-state index is -0.599. The molecule has 2 aromatic heterocycles. The summed E-state index contributed by atoms with van der Waals surface area (Å²) in [5, 5.41) is 7.24. The Hall–Kier alpha value is -4.04. The van der Waals surface area contributed by atoms with E-state index in [-0.39, 0.29) is 5.91 Å². The molecule has 0 saturated carbocycles. The van der Waals surface area contributed by atoms with Crippen LogP contribution in [0.4, 0.5) is 5.69 Å². The molecule has 166 valence electrons. The molecule has 1 N–H and O–H groups in total. The van der Waals surface area contributed by atoms with Crippen LogP contribution in [0, 0.1) is 0 Å². The lowest BCUT2D eigenvalue weighted by Crippen LogP contribution is -2.44. The molecule has 5 rings (SSSR count). The van der Waals surface area contributed by atoms with Gasteiger partial charge in [0.05, 0.1) is 5.41 Å². The minimum Gasteiger partial charge on any atom is -0.439 e. The topological polar surface area (TPSA) is 91.2 Å². The zero-order valence-electron chi connectivity index (χ0n) is 17.9. The number of carbonyl (C=O) groups excluding carboxylic acids is 1. The summed E-state index contributed by atoms with van der Waals surface area (Å²) in [5.41, 5.74) is 1.12. The number of aromatic nitrogens is 4. The van der Waals surface area contributed by atoms with Gasteiger partial charge in [-0.1, -0.05) is 30.3 Å². The summed E-state index contributed by atoms with van der Waals surface area (Å²) in [6, 6.07) is 20.7. The van der Waals surface area contributed by atoms with Crippen molar-refractivity contribution < 1.29 is 14.3 Å². The second-order valence-electron chi connectivity index (χ2n) is 7.81. The molecule has 0 bridgehead atoms. The quantitative estimate of drug-likeness (QED) is 0.484. The third-order valence-corrected chi connectivity index (χ3v) is 5.81. The van der Waals surface area contributed by atoms with Gasteiger partial charge in [0.2, 0.25) is 11.8 Å². The molecule has 0 unspecified atom stereocenters. The first-order valence-electron chi connectivity index (χ1n) is 10.8. The summed E-state index contributed by atoms with van der Waals surface area (Å²) in [6.45, 7) is 1.13. The van der Waals surface area contributed by atoms with Crippen molar-refractivity contribution in [1.82, 2.24) is 19.7 Å². The van der Waals surface area contributed by atoms with Gasteiger partial charge in [0.15, 0.2) is 5.82 Å². The van der Waals surface area contributed by atoms with E-state index >= 15 is 0 Å². The molecule has 33 heavy (non-hydrogen) atoms. The molecule has 3 heterocycles. The number of rotatable bonds is 6. The summed E-state index contributed by atoms with van der Waals surface area (Å²) in [4.78, 5) is 21.8. The maximum Gasteiger partial charge on any atom is 0.235 e. The molecule has 8 heteroatoms. The number of anilines is 1. The van der Waals surface area contributed by atoms with Crippen molar-refractivity contribution >= 4 is 11.6 Å². The van der Waals surface area contributed by atoms with E-state index < -0.39 is 5.41 Å². The molecule has 2 aromatic carbocycles. The Kier molecular flexibility index (Phi) is 5.82. The van der Waals surface area contributed by atoms with E-state index in [1.165, 1.54) is 6.33 Å². The Morgan fingerprint density at radius 1 is 1.00 bits per heavy atom. The third kappa shape index (κ3) is 4.47. The molecular formula is C25H23N5O3. The van der Waals surface area contributed by atoms with Gasteiger partial charge in [0.1, 0.15) is 12.1 Å². The average molecular weight is 441 g/mol. The van der Waals surface area contributed by atoms with Gasteiger partial charge in [-0.2, -0.15) is 5.10 Å². The van der Waals surface area contributed by atoms with Crippen molar-refractivity contribution in [3.63, 3.8) is 0 Å². The number of carbonyl (C=O) groups is 1. The SMILES string of the molecule is O=C(Nc1ccc(Oc2cc(-n3cccn3)ncn2)cc1)C1(c2ccccc2)CCOCC1. The van der Waals surface area contributed by atoms with Crippen molar-refractivity contribution in [2.24, 2.45) is 0 Å². The maximum atomic E-state index is 13.4. The zero-order valence-corrected chi connectivity index (χ0v) is 17.9. The number of ether oxygens (including phenoxy) is 2. The van der Waals surface area contributed by atoms with Gasteiger partial charge in [0, 0.05) is 37.4 Å². The summed E-state index contributed by atoms with van der Waals surface area (Å²) in [7, 11) is 0. The van der Waals surface area contributed by atoms with Gasteiger partial charge in [-0.3, -0.25) is 4.79 Å². The molecule has 0 aliphatic carbocycles. The van der Waals surface area contributed by atoms with Crippen LogP contribution in [0.2, 0.25) is 0 Å². The van der Waals surface area contributed by atoms with E-state index in [2.05, 4.69) is 20.4 Å². The van der Waals surface area contributed by atoms with Gasteiger partial charge < -0.3 is 14.8 Å². The highest BCUT2D eigenvalue weighted by atomic mass is 16.5. The van der Waals surface area contributed by atoms with E-state index in [1.807, 2.05) is 48.5 Å². The van der Waals surface area contributed by atoms with E-state index in [4.69, 9.17) is 9.47 Å². The number of hydrogen-bond donors (Lipinski definition) is 1. The molecule has 8 nitrogen and oxygen atoms in total. The van der Waals surface area contributed by atoms with Gasteiger partial charge in [-0.05, 0) is 48.7 Å². The van der Waals surface area contributed by atoms with Gasteiger partial charge in [0.25, 0.3) is 0 Å². The Morgan fingerprint density at radius 3 is 2.52 bits per heavy atom. The Balaban J connectivity index is 1.30. The first-order chi connectivity index (χ1) is 16.2. The van der Waals surface area contributed by atoms with Crippen LogP contribution in [0.1, 0.15) is 18.4 Å². The maximum absolute atomic E-state index is 13.4. The summed E-state index contributed by atoms with van der Waals surface area (Å²) < 4.78 is 13.0. The second-order valence-corrected chi connectivity index (χ2v) is 7.81. The Labute approximate surface area is 191 Å². The monoisotopic (exact) mass is 441 g/mol. The lowest BCUT2D eigenvalue weighted by atomic mass is 9.73. The van der Waals surface area contributed by atoms with Gasteiger partial charge in [-0.25, -0.2) is 14.6 Å². The average Bonchev–Trinajstić information content (AvgIpc) is 3.42. The van der Waals surface area contributed by atoms with E-state index in [9.17, 15) is 4.79 Å². The van der Waals surface area contributed by atoms with E-state index in [0.717, 1.165) is 5.56 Å². The fraction of sp³-hybridized carbons (Fsp3) is 0.200. The molecule has 1 saturated heterocycles. The molecule has 4 aromatic rings. The standard InChI is InChI=1S/C25H23N5O3/c31-24(25(11-15-32-16-12-25)19-5-2-1-3-6-19)29-20-7-9-21(10-8-20)33-23-17-22(26-18-27-23)30-14-4-13-28-30/h1-10,13-14,17-18H,11-12,15-16H2,(H,29,31). The number of nitrogens with one attached hydrogen (secondary N) is 1. The van der Waals surface area contributed by atoms with E-state index in [0.29, 0.717) is 49.2 Å². The molecule has 1 aliphatic rings. The molecular weight excluding hydrogens is 418 g/mol. The minimum absolute atomic E-state index is 0.0228. The number of nitrogens with zero attached hydrogens (tertiary/aromatic N) is 4. The lowest BCUT2D eigenvalue weighted by molar-refractivity contribution is -0.125. The van der Waals surface area contributed by atoms with Crippen LogP contribution < -0.4 is 10.1 Å². The van der Waals surface area contributed by atoms with Crippen LogP contribution in [-0.4, -0.2) is 38.9 Å². The molecule has 0 atom stereocenters. The van der Waals surface area contributed by atoms with Crippen LogP contribution in [-0.2, 0) is 14.9 Å². The fourth-order valence-corrected chi connectivity index (χ4v) is 4.02. The highest BCUT2D eigenvalue weighted by Gasteiger charge is 2.41. The zero-order chi connectivity index (χ0) is 22.5. The van der Waals surface area contributed by atoms with Crippen LogP contribution in [0.25, 0.3) is 5.82 Å². The molecule has 1 fully saturated rings. The predicted octanol–water partition coefficient (Wildman–Crippen LogP) is 4.14. The number of benzene rings is 2. The summed E-state index contributed by atoms with van der Waals surface area (Å²) in [6.07, 6.45) is 6.20. The van der Waals surface area contributed by atoms with Crippen LogP contribution in [0.15, 0.2) is 85.5 Å². The predicted molar refractivity (Wildman–Crippen MR) is 122 cm³/mol. The molecule has 0 radical (unpaired) electrons. The van der Waals surface area contributed by atoms with Crippen molar-refractivity contribution in [3.05, 3.63) is 91.0 Å². The van der Waals surface area contributed by atoms with Crippen molar-refractivity contribution in [1.29, 1.82) is 0 Å². The molecule has 1 amide bonds. The first-order valence-corrected chi connectivity index (χ1v) is 10.8. The van der Waals surface area contributed by atoms with Gasteiger partial charge in [-0.15, -0.1) is 0 Å². The normalized spacial score (nSPS) is 15.0. The van der Waals surface area contributed by atoms with Crippen LogP contribution in [0.5, 0.6) is 11.6 Å². The number of hydrogen-bond acceptors (Lipinski definition) is 6. The van der Waals surface area contributed by atoms with Crippen LogP contribution >= 0.6 is 0 Å². The fourth-order valence-electron chi connectivity index (χ4n) is 4.02. The van der Waals surface area contributed by atoms with Crippen molar-refractivity contribution in [2.45, 2.75) is 18.3 Å². The third-order valence-electron chi connectivity index (χ3n) is 5.81. The first kappa shape index (κ1) is 20.8. The lowest BCUT2D eigenvalue weighted by Gasteiger charge is -2.36. The Morgan fingerprint density at radius 2 is 1.79 bits per heavy atom. The van der Waals surface area contributed by atoms with Crippen molar-refractivity contribution in [2.75, 3.05) is 18.5 Å². The van der Waals surface area contributed by atoms with Crippen molar-refractivity contribution in [3.8, 4) is 17.4 Å².